The Balaban J connectivity index is 1.98. The first-order chi connectivity index (χ1) is 10.1. The van der Waals surface area contributed by atoms with Crippen molar-refractivity contribution >= 4 is 23.2 Å². The number of hydrogen-bond acceptors (Lipinski definition) is 3. The number of carboxylic acids is 1. The van der Waals surface area contributed by atoms with E-state index >= 15 is 0 Å². The van der Waals surface area contributed by atoms with Gasteiger partial charge in [0.25, 0.3) is 5.91 Å². The number of aliphatic carboxylic acids is 1. The first-order valence-corrected chi connectivity index (χ1v) is 7.60. The van der Waals surface area contributed by atoms with Crippen LogP contribution in [0, 0.1) is 12.8 Å². The lowest BCUT2D eigenvalue weighted by Crippen LogP contribution is -2.34. The SMILES string of the molecule is Cc1ccccc1CC(CNC(=O)c1ccsc1)C(=O)O. The fourth-order valence-electron chi connectivity index (χ4n) is 2.06. The van der Waals surface area contributed by atoms with Crippen LogP contribution >= 0.6 is 11.3 Å². The van der Waals surface area contributed by atoms with Crippen LogP contribution in [0.15, 0.2) is 41.1 Å². The van der Waals surface area contributed by atoms with Gasteiger partial charge < -0.3 is 10.4 Å². The van der Waals surface area contributed by atoms with Crippen LogP contribution in [0.4, 0.5) is 0 Å². The van der Waals surface area contributed by atoms with E-state index < -0.39 is 11.9 Å². The maximum Gasteiger partial charge on any atom is 0.308 e. The second-order valence-electron chi connectivity index (χ2n) is 4.89. The number of carboxylic acid groups (broad SMARTS) is 1. The summed E-state index contributed by atoms with van der Waals surface area (Å²) >= 11 is 1.44. The van der Waals surface area contributed by atoms with Crippen LogP contribution in [0.3, 0.4) is 0 Å². The molecule has 1 heterocycles. The summed E-state index contributed by atoms with van der Waals surface area (Å²) in [5.74, 6) is -1.76. The van der Waals surface area contributed by atoms with Gasteiger partial charge in [-0.3, -0.25) is 9.59 Å². The lowest BCUT2D eigenvalue weighted by Gasteiger charge is -2.14. The highest BCUT2D eigenvalue weighted by Gasteiger charge is 2.20. The van der Waals surface area contributed by atoms with Gasteiger partial charge in [0.1, 0.15) is 0 Å². The van der Waals surface area contributed by atoms with Crippen LogP contribution in [0.25, 0.3) is 0 Å². The highest BCUT2D eigenvalue weighted by molar-refractivity contribution is 7.08. The van der Waals surface area contributed by atoms with Crippen LogP contribution in [-0.4, -0.2) is 23.5 Å². The number of nitrogens with one attached hydrogen (secondary N) is 1. The summed E-state index contributed by atoms with van der Waals surface area (Å²) in [6.45, 7) is 2.08. The highest BCUT2D eigenvalue weighted by atomic mass is 32.1. The minimum atomic E-state index is -0.899. The van der Waals surface area contributed by atoms with Crippen LogP contribution < -0.4 is 5.32 Å². The van der Waals surface area contributed by atoms with Gasteiger partial charge in [-0.25, -0.2) is 0 Å². The van der Waals surface area contributed by atoms with Crippen molar-refractivity contribution in [3.8, 4) is 0 Å². The van der Waals surface area contributed by atoms with E-state index in [0.717, 1.165) is 11.1 Å². The predicted molar refractivity (Wildman–Crippen MR) is 82.7 cm³/mol. The van der Waals surface area contributed by atoms with E-state index in [0.29, 0.717) is 12.0 Å². The number of carbonyl (C=O) groups is 2. The topological polar surface area (TPSA) is 66.4 Å². The Morgan fingerprint density at radius 3 is 2.67 bits per heavy atom. The molecule has 0 saturated carbocycles. The standard InChI is InChI=1S/C16H17NO3S/c1-11-4-2-3-5-12(11)8-14(16(19)20)9-17-15(18)13-6-7-21-10-13/h2-7,10,14H,8-9H2,1H3,(H,17,18)(H,19,20). The monoisotopic (exact) mass is 303 g/mol. The minimum Gasteiger partial charge on any atom is -0.481 e. The zero-order chi connectivity index (χ0) is 15.2. The van der Waals surface area contributed by atoms with Crippen molar-refractivity contribution in [3.05, 3.63) is 57.8 Å². The second kappa shape index (κ2) is 7.04. The number of aryl methyl sites for hydroxylation is 1. The number of amides is 1. The van der Waals surface area contributed by atoms with Gasteiger partial charge in [0.15, 0.2) is 0 Å². The average Bonchev–Trinajstić information content (AvgIpc) is 2.99. The molecule has 0 aliphatic heterocycles. The van der Waals surface area contributed by atoms with Gasteiger partial charge in [-0.2, -0.15) is 11.3 Å². The first kappa shape index (κ1) is 15.3. The lowest BCUT2D eigenvalue weighted by atomic mass is 9.96. The van der Waals surface area contributed by atoms with Crippen molar-refractivity contribution < 1.29 is 14.7 Å². The van der Waals surface area contributed by atoms with Gasteiger partial charge >= 0.3 is 5.97 Å². The molecule has 0 bridgehead atoms. The molecule has 1 unspecified atom stereocenters. The fourth-order valence-corrected chi connectivity index (χ4v) is 2.70. The molecule has 1 aromatic heterocycles. The van der Waals surface area contributed by atoms with Crippen molar-refractivity contribution in [1.29, 1.82) is 0 Å². The zero-order valence-electron chi connectivity index (χ0n) is 11.7. The molecular weight excluding hydrogens is 286 g/mol. The molecule has 2 aromatic rings. The molecule has 1 aromatic carbocycles. The summed E-state index contributed by atoms with van der Waals surface area (Å²) in [7, 11) is 0. The molecule has 1 atom stereocenters. The van der Waals surface area contributed by atoms with Gasteiger partial charge in [0.05, 0.1) is 5.92 Å². The molecule has 1 amide bonds. The van der Waals surface area contributed by atoms with E-state index in [1.807, 2.05) is 36.6 Å². The lowest BCUT2D eigenvalue weighted by molar-refractivity contribution is -0.141. The van der Waals surface area contributed by atoms with Crippen LogP contribution in [-0.2, 0) is 11.2 Å². The number of rotatable bonds is 6. The Bertz CT molecular complexity index is 622. The molecule has 0 aliphatic carbocycles. The molecule has 0 spiro atoms. The van der Waals surface area contributed by atoms with E-state index in [1.165, 1.54) is 11.3 Å². The Morgan fingerprint density at radius 2 is 2.05 bits per heavy atom. The Hall–Kier alpha value is -2.14. The van der Waals surface area contributed by atoms with Gasteiger partial charge in [-0.1, -0.05) is 24.3 Å². The third-order valence-corrected chi connectivity index (χ3v) is 4.05. The quantitative estimate of drug-likeness (QED) is 0.862. The fraction of sp³-hybridized carbons (Fsp3) is 0.250. The smallest absolute Gasteiger partial charge is 0.308 e. The number of benzene rings is 1. The molecule has 110 valence electrons. The minimum absolute atomic E-state index is 0.123. The van der Waals surface area contributed by atoms with Crippen molar-refractivity contribution in [3.63, 3.8) is 0 Å². The number of hydrogen-bond donors (Lipinski definition) is 2. The number of thiophene rings is 1. The van der Waals surface area contributed by atoms with Gasteiger partial charge in [-0.05, 0) is 35.9 Å². The predicted octanol–water partition coefficient (Wildman–Crippen LogP) is 2.73. The molecule has 0 saturated heterocycles. The van der Waals surface area contributed by atoms with Crippen molar-refractivity contribution in [2.24, 2.45) is 5.92 Å². The maximum atomic E-state index is 11.9. The van der Waals surface area contributed by atoms with Crippen molar-refractivity contribution in [2.45, 2.75) is 13.3 Å². The van der Waals surface area contributed by atoms with E-state index in [1.54, 1.807) is 11.4 Å². The van der Waals surface area contributed by atoms with E-state index in [4.69, 9.17) is 0 Å². The molecule has 0 aliphatic rings. The zero-order valence-corrected chi connectivity index (χ0v) is 12.5. The molecule has 5 heteroatoms. The maximum absolute atomic E-state index is 11.9. The van der Waals surface area contributed by atoms with E-state index in [9.17, 15) is 14.7 Å². The Labute approximate surface area is 127 Å². The molecule has 0 radical (unpaired) electrons. The summed E-state index contributed by atoms with van der Waals surface area (Å²) < 4.78 is 0. The molecule has 2 N–H and O–H groups in total. The summed E-state index contributed by atoms with van der Waals surface area (Å²) in [6, 6.07) is 9.42. The third-order valence-electron chi connectivity index (χ3n) is 3.37. The Morgan fingerprint density at radius 1 is 1.29 bits per heavy atom. The molecule has 2 rings (SSSR count). The van der Waals surface area contributed by atoms with Crippen molar-refractivity contribution in [2.75, 3.05) is 6.54 Å². The van der Waals surface area contributed by atoms with Gasteiger partial charge in [0.2, 0.25) is 0 Å². The Kier molecular flexibility index (Phi) is 5.11. The molecule has 4 nitrogen and oxygen atoms in total. The molecule has 21 heavy (non-hydrogen) atoms. The van der Waals surface area contributed by atoms with Gasteiger partial charge in [0, 0.05) is 17.5 Å². The van der Waals surface area contributed by atoms with Crippen LogP contribution in [0.2, 0.25) is 0 Å². The summed E-state index contributed by atoms with van der Waals surface area (Å²) in [6.07, 6.45) is 0.409. The largest absolute Gasteiger partial charge is 0.481 e. The van der Waals surface area contributed by atoms with E-state index in [2.05, 4.69) is 5.32 Å². The van der Waals surface area contributed by atoms with Crippen molar-refractivity contribution in [1.82, 2.24) is 5.32 Å². The molecule has 0 fully saturated rings. The highest BCUT2D eigenvalue weighted by Crippen LogP contribution is 2.14. The molecular formula is C16H17NO3S. The average molecular weight is 303 g/mol. The second-order valence-corrected chi connectivity index (χ2v) is 5.67. The van der Waals surface area contributed by atoms with Crippen LogP contribution in [0.1, 0.15) is 21.5 Å². The summed E-state index contributed by atoms with van der Waals surface area (Å²) in [5, 5.41) is 15.6. The van der Waals surface area contributed by atoms with E-state index in [-0.39, 0.29) is 12.5 Å². The summed E-state index contributed by atoms with van der Waals surface area (Å²) in [4.78, 5) is 23.2. The third kappa shape index (κ3) is 4.16. The normalized spacial score (nSPS) is 11.9. The van der Waals surface area contributed by atoms with Crippen LogP contribution in [0.5, 0.6) is 0 Å². The number of carbonyl (C=O) groups excluding carboxylic acids is 1. The summed E-state index contributed by atoms with van der Waals surface area (Å²) in [5.41, 5.74) is 2.63. The first-order valence-electron chi connectivity index (χ1n) is 6.65. The van der Waals surface area contributed by atoms with Gasteiger partial charge in [-0.15, -0.1) is 0 Å².